The maximum Gasteiger partial charge on any atom is 0.309 e. The number of carbonyl (C=O) groups is 1. The van der Waals surface area contributed by atoms with Crippen LogP contribution in [0.3, 0.4) is 0 Å². The van der Waals surface area contributed by atoms with Crippen molar-refractivity contribution in [2.75, 3.05) is 6.61 Å². The summed E-state index contributed by atoms with van der Waals surface area (Å²) in [7, 11) is 0. The van der Waals surface area contributed by atoms with Gasteiger partial charge in [-0.05, 0) is 33.6 Å². The number of hydrogen-bond donors (Lipinski definition) is 0. The second kappa shape index (κ2) is 8.09. The summed E-state index contributed by atoms with van der Waals surface area (Å²) >= 11 is 0. The van der Waals surface area contributed by atoms with Gasteiger partial charge < -0.3 is 9.47 Å². The van der Waals surface area contributed by atoms with E-state index in [-0.39, 0.29) is 24.1 Å². The molecule has 1 unspecified atom stereocenters. The van der Waals surface area contributed by atoms with E-state index in [1.807, 2.05) is 45.1 Å². The van der Waals surface area contributed by atoms with Crippen molar-refractivity contribution >= 4 is 5.97 Å². The average molecular weight is 252 g/mol. The lowest BCUT2D eigenvalue weighted by atomic mass is 10.0. The largest absolute Gasteiger partial charge is 0.462 e. The fourth-order valence-electron chi connectivity index (χ4n) is 2.02. The minimum absolute atomic E-state index is 0.0756. The van der Waals surface area contributed by atoms with Crippen LogP contribution in [0.2, 0.25) is 0 Å². The maximum atomic E-state index is 12.0. The Bertz CT molecular complexity index is 307. The molecule has 0 fully saturated rings. The van der Waals surface area contributed by atoms with E-state index in [0.29, 0.717) is 13.0 Å². The van der Waals surface area contributed by atoms with Gasteiger partial charge in [0.25, 0.3) is 0 Å². The highest BCUT2D eigenvalue weighted by Crippen LogP contribution is 2.17. The minimum atomic E-state index is -0.0978. The molecule has 18 heavy (non-hydrogen) atoms. The summed E-state index contributed by atoms with van der Waals surface area (Å²) < 4.78 is 11.1. The summed E-state index contributed by atoms with van der Waals surface area (Å²) in [4.78, 5) is 12.0. The molecule has 0 aliphatic carbocycles. The molecule has 3 atom stereocenters. The Kier molecular flexibility index (Phi) is 6.73. The van der Waals surface area contributed by atoms with E-state index >= 15 is 0 Å². The molecule has 0 N–H and O–H groups in total. The topological polar surface area (TPSA) is 35.5 Å². The third kappa shape index (κ3) is 5.50. The molecule has 0 aromatic rings. The van der Waals surface area contributed by atoms with Gasteiger partial charge in [-0.15, -0.1) is 0 Å². The summed E-state index contributed by atoms with van der Waals surface area (Å²) in [5.41, 5.74) is 0. The van der Waals surface area contributed by atoms with Crippen LogP contribution >= 0.6 is 0 Å². The van der Waals surface area contributed by atoms with E-state index < -0.39 is 0 Å². The first-order valence-electron chi connectivity index (χ1n) is 6.71. The van der Waals surface area contributed by atoms with Gasteiger partial charge in [-0.2, -0.15) is 0 Å². The lowest BCUT2D eigenvalue weighted by Crippen LogP contribution is -2.25. The zero-order valence-corrected chi connectivity index (χ0v) is 11.6. The first kappa shape index (κ1) is 15.0. The van der Waals surface area contributed by atoms with E-state index in [0.717, 1.165) is 12.8 Å². The highest BCUT2D eigenvalue weighted by Gasteiger charge is 2.21. The van der Waals surface area contributed by atoms with Gasteiger partial charge in [0.15, 0.2) is 0 Å². The summed E-state index contributed by atoms with van der Waals surface area (Å²) in [6.07, 6.45) is 10.2. The van der Waals surface area contributed by atoms with Gasteiger partial charge in [-0.1, -0.05) is 24.3 Å². The molecule has 0 amide bonds. The third-order valence-corrected chi connectivity index (χ3v) is 3.04. The molecule has 1 heterocycles. The van der Waals surface area contributed by atoms with Crippen LogP contribution in [-0.2, 0) is 14.3 Å². The molecule has 0 saturated heterocycles. The molecule has 0 radical (unpaired) electrons. The number of esters is 1. The molecule has 0 aromatic heterocycles. The molecule has 3 heteroatoms. The monoisotopic (exact) mass is 252 g/mol. The van der Waals surface area contributed by atoms with Crippen LogP contribution in [-0.4, -0.2) is 24.8 Å². The highest BCUT2D eigenvalue weighted by molar-refractivity contribution is 5.73. The van der Waals surface area contributed by atoms with Crippen LogP contribution in [0, 0.1) is 5.92 Å². The van der Waals surface area contributed by atoms with Gasteiger partial charge in [-0.25, -0.2) is 0 Å². The van der Waals surface area contributed by atoms with E-state index in [9.17, 15) is 4.79 Å². The average Bonchev–Trinajstić information content (AvgIpc) is 2.33. The highest BCUT2D eigenvalue weighted by atomic mass is 16.5. The van der Waals surface area contributed by atoms with Gasteiger partial charge >= 0.3 is 5.97 Å². The van der Waals surface area contributed by atoms with Crippen molar-refractivity contribution in [2.45, 2.75) is 52.2 Å². The maximum absolute atomic E-state index is 12.0. The molecule has 1 rings (SSSR count). The molecule has 0 saturated carbocycles. The van der Waals surface area contributed by atoms with Crippen LogP contribution in [0.5, 0.6) is 0 Å². The molecule has 3 nitrogen and oxygen atoms in total. The summed E-state index contributed by atoms with van der Waals surface area (Å²) in [5, 5.41) is 0. The smallest absolute Gasteiger partial charge is 0.309 e. The number of hydrogen-bond acceptors (Lipinski definition) is 3. The predicted molar refractivity (Wildman–Crippen MR) is 72.3 cm³/mol. The van der Waals surface area contributed by atoms with Crippen molar-refractivity contribution in [1.29, 1.82) is 0 Å². The summed E-state index contributed by atoms with van der Waals surface area (Å²) in [6, 6.07) is 0. The fourth-order valence-corrected chi connectivity index (χ4v) is 2.02. The van der Waals surface area contributed by atoms with Crippen molar-refractivity contribution < 1.29 is 14.3 Å². The molecule has 0 aromatic carbocycles. The SMILES string of the molecule is C/C=C/CC1C/C=C/CO[C@H](C)C[C@@H](C)OC1=O. The Balaban J connectivity index is 2.67. The molecule has 0 spiro atoms. The second-order valence-electron chi connectivity index (χ2n) is 4.84. The van der Waals surface area contributed by atoms with Gasteiger partial charge in [0.2, 0.25) is 0 Å². The molecule has 1 aliphatic rings. The zero-order chi connectivity index (χ0) is 13.4. The number of allylic oxidation sites excluding steroid dienone is 3. The number of cyclic esters (lactones) is 1. The minimum Gasteiger partial charge on any atom is -0.462 e. The van der Waals surface area contributed by atoms with Gasteiger partial charge in [0, 0.05) is 6.42 Å². The lowest BCUT2D eigenvalue weighted by molar-refractivity contribution is -0.154. The van der Waals surface area contributed by atoms with Crippen LogP contribution in [0.15, 0.2) is 24.3 Å². The normalized spacial score (nSPS) is 32.8. The van der Waals surface area contributed by atoms with Gasteiger partial charge in [0.1, 0.15) is 6.10 Å². The first-order valence-corrected chi connectivity index (χ1v) is 6.71. The summed E-state index contributed by atoms with van der Waals surface area (Å²) in [5.74, 6) is -0.173. The Labute approximate surface area is 110 Å². The number of rotatable bonds is 2. The van der Waals surface area contributed by atoms with Crippen LogP contribution in [0.4, 0.5) is 0 Å². The standard InChI is InChI=1S/C15H24O3/c1-4-5-8-14-9-6-7-10-17-12(2)11-13(3)18-15(14)16/h4-7,12-14H,8-11H2,1-3H3/b5-4+,7-6+/t12-,13-,14?/m1/s1. The van der Waals surface area contributed by atoms with Gasteiger partial charge in [0.05, 0.1) is 18.6 Å². The fraction of sp³-hybridized carbons (Fsp3) is 0.667. The Morgan fingerprint density at radius 1 is 1.33 bits per heavy atom. The molecular weight excluding hydrogens is 228 g/mol. The van der Waals surface area contributed by atoms with Crippen molar-refractivity contribution in [1.82, 2.24) is 0 Å². The number of ether oxygens (including phenoxy) is 2. The molecule has 0 bridgehead atoms. The Morgan fingerprint density at radius 3 is 2.83 bits per heavy atom. The number of carbonyl (C=O) groups excluding carboxylic acids is 1. The zero-order valence-electron chi connectivity index (χ0n) is 11.6. The van der Waals surface area contributed by atoms with Crippen LogP contribution in [0.1, 0.15) is 40.0 Å². The molecule has 1 aliphatic heterocycles. The van der Waals surface area contributed by atoms with Crippen molar-refractivity contribution in [3.05, 3.63) is 24.3 Å². The summed E-state index contributed by atoms with van der Waals surface area (Å²) in [6.45, 7) is 6.51. The molecular formula is C15H24O3. The second-order valence-corrected chi connectivity index (χ2v) is 4.84. The predicted octanol–water partition coefficient (Wildman–Crippen LogP) is 3.26. The Morgan fingerprint density at radius 2 is 2.11 bits per heavy atom. The third-order valence-electron chi connectivity index (χ3n) is 3.04. The van der Waals surface area contributed by atoms with Crippen molar-refractivity contribution in [3.63, 3.8) is 0 Å². The van der Waals surface area contributed by atoms with Crippen molar-refractivity contribution in [3.8, 4) is 0 Å². The van der Waals surface area contributed by atoms with E-state index in [4.69, 9.17) is 9.47 Å². The van der Waals surface area contributed by atoms with Crippen LogP contribution < -0.4 is 0 Å². The first-order chi connectivity index (χ1) is 8.63. The van der Waals surface area contributed by atoms with E-state index in [1.54, 1.807) is 0 Å². The quantitative estimate of drug-likeness (QED) is 0.559. The van der Waals surface area contributed by atoms with Crippen molar-refractivity contribution in [2.24, 2.45) is 5.92 Å². The van der Waals surface area contributed by atoms with Crippen LogP contribution in [0.25, 0.3) is 0 Å². The lowest BCUT2D eigenvalue weighted by Gasteiger charge is -2.19. The molecule has 102 valence electrons. The van der Waals surface area contributed by atoms with E-state index in [1.165, 1.54) is 0 Å². The van der Waals surface area contributed by atoms with Gasteiger partial charge in [-0.3, -0.25) is 4.79 Å². The Hall–Kier alpha value is -1.09. The van der Waals surface area contributed by atoms with E-state index in [2.05, 4.69) is 0 Å².